The molecule has 1 N–H and O–H groups in total. The fraction of sp³-hybridized carbons (Fsp3) is 0.179. The first-order chi connectivity index (χ1) is 16.3. The number of furan rings is 1. The Labute approximate surface area is 203 Å². The van der Waals surface area contributed by atoms with Gasteiger partial charge in [0.1, 0.15) is 17.1 Å². The van der Waals surface area contributed by atoms with Gasteiger partial charge in [0, 0.05) is 44.4 Å². The van der Waals surface area contributed by atoms with E-state index in [0.717, 1.165) is 50.1 Å². The summed E-state index contributed by atoms with van der Waals surface area (Å²) >= 11 is 6.19. The van der Waals surface area contributed by atoms with Crippen molar-refractivity contribution in [1.82, 2.24) is 0 Å². The van der Waals surface area contributed by atoms with E-state index in [1.807, 2.05) is 57.2 Å². The summed E-state index contributed by atoms with van der Waals surface area (Å²) in [4.78, 5) is 12.8. The van der Waals surface area contributed by atoms with Gasteiger partial charge in [-0.05, 0) is 56.2 Å². The van der Waals surface area contributed by atoms with Gasteiger partial charge >= 0.3 is 0 Å². The highest BCUT2D eigenvalue weighted by Gasteiger charge is 2.20. The number of anilines is 1. The van der Waals surface area contributed by atoms with E-state index in [0.29, 0.717) is 16.5 Å². The van der Waals surface area contributed by atoms with Crippen LogP contribution < -0.4 is 14.8 Å². The predicted molar refractivity (Wildman–Crippen MR) is 138 cm³/mol. The largest absolute Gasteiger partial charge is 0.496 e. The summed E-state index contributed by atoms with van der Waals surface area (Å²) in [5.41, 5.74) is 6.48. The van der Waals surface area contributed by atoms with Gasteiger partial charge in [-0.3, -0.25) is 4.79 Å². The Balaban J connectivity index is 1.79. The highest BCUT2D eigenvalue weighted by atomic mass is 35.5. The number of ether oxygens (including phenoxy) is 2. The van der Waals surface area contributed by atoms with Crippen molar-refractivity contribution in [3.8, 4) is 22.6 Å². The van der Waals surface area contributed by atoms with Crippen LogP contribution in [0.15, 0.2) is 65.3 Å². The standard InChI is InChI=1S/C28H26ClNO4/c1-16(13-26(31)30-24-11-8-10-23(29)17(24)2)20-14-21-22(19-9-6-7-12-25(19)32-4)15-34-28(21)18(3)27(20)33-5/h6-15H,1-5H3,(H,30,31)/b16-13+. The molecule has 0 aliphatic carbocycles. The Bertz CT molecular complexity index is 1420. The monoisotopic (exact) mass is 475 g/mol. The molecule has 34 heavy (non-hydrogen) atoms. The molecule has 174 valence electrons. The Hall–Kier alpha value is -3.70. The molecule has 0 aliphatic heterocycles. The Morgan fingerprint density at radius 3 is 2.50 bits per heavy atom. The SMILES string of the molecule is COc1ccccc1-c1coc2c(C)c(OC)c(/C(C)=C/C(=O)Nc3cccc(Cl)c3C)cc12. The maximum absolute atomic E-state index is 12.8. The van der Waals surface area contributed by atoms with E-state index < -0.39 is 0 Å². The van der Waals surface area contributed by atoms with E-state index >= 15 is 0 Å². The normalized spacial score (nSPS) is 11.5. The molecule has 4 aromatic rings. The summed E-state index contributed by atoms with van der Waals surface area (Å²) in [6, 6.07) is 15.2. The summed E-state index contributed by atoms with van der Waals surface area (Å²) in [5, 5.41) is 4.43. The Morgan fingerprint density at radius 2 is 1.76 bits per heavy atom. The minimum absolute atomic E-state index is 0.250. The van der Waals surface area contributed by atoms with Gasteiger partial charge in [0.15, 0.2) is 0 Å². The smallest absolute Gasteiger partial charge is 0.248 e. The van der Waals surface area contributed by atoms with Crippen LogP contribution in [0.4, 0.5) is 5.69 Å². The van der Waals surface area contributed by atoms with Gasteiger partial charge in [-0.2, -0.15) is 0 Å². The van der Waals surface area contributed by atoms with E-state index in [1.54, 1.807) is 38.7 Å². The minimum atomic E-state index is -0.250. The van der Waals surface area contributed by atoms with Crippen LogP contribution in [0, 0.1) is 13.8 Å². The lowest BCUT2D eigenvalue weighted by atomic mass is 9.96. The second kappa shape index (κ2) is 9.65. The number of rotatable bonds is 6. The molecule has 1 heterocycles. The van der Waals surface area contributed by atoms with Crippen molar-refractivity contribution in [3.05, 3.63) is 82.6 Å². The molecule has 0 saturated carbocycles. The van der Waals surface area contributed by atoms with Crippen LogP contribution in [0.25, 0.3) is 27.7 Å². The average molecular weight is 476 g/mol. The first-order valence-corrected chi connectivity index (χ1v) is 11.2. The maximum atomic E-state index is 12.8. The number of fused-ring (bicyclic) bond motifs is 1. The summed E-state index contributed by atoms with van der Waals surface area (Å²) in [5.74, 6) is 1.16. The number of nitrogens with one attached hydrogen (secondary N) is 1. The van der Waals surface area contributed by atoms with Crippen LogP contribution in [0.3, 0.4) is 0 Å². The van der Waals surface area contributed by atoms with Gasteiger partial charge < -0.3 is 19.2 Å². The van der Waals surface area contributed by atoms with Crippen LogP contribution >= 0.6 is 11.6 Å². The van der Waals surface area contributed by atoms with Crippen LogP contribution in [0.5, 0.6) is 11.5 Å². The summed E-state index contributed by atoms with van der Waals surface area (Å²) < 4.78 is 17.2. The van der Waals surface area contributed by atoms with Crippen molar-refractivity contribution in [1.29, 1.82) is 0 Å². The highest BCUT2D eigenvalue weighted by molar-refractivity contribution is 6.31. The Kier molecular flexibility index (Phi) is 6.66. The van der Waals surface area contributed by atoms with Crippen molar-refractivity contribution >= 4 is 39.7 Å². The molecule has 1 amide bonds. The lowest BCUT2D eigenvalue weighted by Crippen LogP contribution is -2.10. The molecular weight excluding hydrogens is 450 g/mol. The highest BCUT2D eigenvalue weighted by Crippen LogP contribution is 2.42. The third-order valence-corrected chi connectivity index (χ3v) is 6.35. The van der Waals surface area contributed by atoms with Crippen molar-refractivity contribution in [2.24, 2.45) is 0 Å². The van der Waals surface area contributed by atoms with Crippen molar-refractivity contribution < 1.29 is 18.7 Å². The second-order valence-electron chi connectivity index (χ2n) is 8.04. The predicted octanol–water partition coefficient (Wildman–Crippen LogP) is 7.43. The van der Waals surface area contributed by atoms with Gasteiger partial charge in [0.2, 0.25) is 5.91 Å². The van der Waals surface area contributed by atoms with Crippen molar-refractivity contribution in [3.63, 3.8) is 0 Å². The fourth-order valence-corrected chi connectivity index (χ4v) is 4.31. The molecule has 0 saturated heterocycles. The van der Waals surface area contributed by atoms with E-state index in [9.17, 15) is 4.79 Å². The molecule has 6 heteroatoms. The number of aryl methyl sites for hydroxylation is 1. The Morgan fingerprint density at radius 1 is 1.00 bits per heavy atom. The first kappa shape index (κ1) is 23.5. The van der Waals surface area contributed by atoms with E-state index in [2.05, 4.69) is 5.32 Å². The number of allylic oxidation sites excluding steroid dienone is 1. The average Bonchev–Trinajstić information content (AvgIpc) is 3.26. The van der Waals surface area contributed by atoms with Gasteiger partial charge in [-0.25, -0.2) is 0 Å². The van der Waals surface area contributed by atoms with Crippen LogP contribution in [-0.2, 0) is 4.79 Å². The molecule has 4 rings (SSSR count). The minimum Gasteiger partial charge on any atom is -0.496 e. The third kappa shape index (κ3) is 4.27. The van der Waals surface area contributed by atoms with E-state index in [-0.39, 0.29) is 5.91 Å². The summed E-state index contributed by atoms with van der Waals surface area (Å²) in [7, 11) is 3.26. The van der Waals surface area contributed by atoms with Gasteiger partial charge in [0.25, 0.3) is 0 Å². The van der Waals surface area contributed by atoms with Gasteiger partial charge in [-0.15, -0.1) is 0 Å². The number of carbonyl (C=O) groups excluding carboxylic acids is 1. The number of hydrogen-bond donors (Lipinski definition) is 1. The molecule has 1 aromatic heterocycles. The number of hydrogen-bond acceptors (Lipinski definition) is 4. The molecule has 0 bridgehead atoms. The molecule has 0 fully saturated rings. The van der Waals surface area contributed by atoms with Crippen LogP contribution in [0.1, 0.15) is 23.6 Å². The quantitative estimate of drug-likeness (QED) is 0.294. The van der Waals surface area contributed by atoms with Gasteiger partial charge in [0.05, 0.1) is 20.5 Å². The number of amides is 1. The van der Waals surface area contributed by atoms with Crippen LogP contribution in [-0.4, -0.2) is 20.1 Å². The first-order valence-electron chi connectivity index (χ1n) is 10.8. The molecule has 0 aliphatic rings. The molecule has 5 nitrogen and oxygen atoms in total. The second-order valence-corrected chi connectivity index (χ2v) is 8.44. The van der Waals surface area contributed by atoms with E-state index in [1.165, 1.54) is 0 Å². The topological polar surface area (TPSA) is 60.7 Å². The van der Waals surface area contributed by atoms with E-state index in [4.69, 9.17) is 25.5 Å². The number of carbonyl (C=O) groups is 1. The molecule has 3 aromatic carbocycles. The number of methoxy groups -OCH3 is 2. The van der Waals surface area contributed by atoms with Crippen molar-refractivity contribution in [2.75, 3.05) is 19.5 Å². The lowest BCUT2D eigenvalue weighted by Gasteiger charge is -2.14. The van der Waals surface area contributed by atoms with Crippen LogP contribution in [0.2, 0.25) is 5.02 Å². The number of halogens is 1. The number of para-hydroxylation sites is 1. The summed E-state index contributed by atoms with van der Waals surface area (Å²) in [6.45, 7) is 5.70. The molecular formula is C28H26ClNO4. The van der Waals surface area contributed by atoms with Crippen molar-refractivity contribution in [2.45, 2.75) is 20.8 Å². The molecule has 0 atom stereocenters. The lowest BCUT2D eigenvalue weighted by molar-refractivity contribution is -0.111. The van der Waals surface area contributed by atoms with Gasteiger partial charge in [-0.1, -0.05) is 35.9 Å². The zero-order valence-corrected chi connectivity index (χ0v) is 20.5. The zero-order chi connectivity index (χ0) is 24.4. The third-order valence-electron chi connectivity index (χ3n) is 5.94. The fourth-order valence-electron chi connectivity index (χ4n) is 4.13. The zero-order valence-electron chi connectivity index (χ0n) is 19.8. The molecule has 0 radical (unpaired) electrons. The molecule has 0 spiro atoms. The maximum Gasteiger partial charge on any atom is 0.248 e. The number of benzene rings is 3. The molecule has 0 unspecified atom stereocenters. The summed E-state index contributed by atoms with van der Waals surface area (Å²) in [6.07, 6.45) is 3.29.